The minimum atomic E-state index is 0.326. The van der Waals surface area contributed by atoms with Gasteiger partial charge in [-0.1, -0.05) is 44.7 Å². The summed E-state index contributed by atoms with van der Waals surface area (Å²) in [7, 11) is 0. The third kappa shape index (κ3) is 2.33. The monoisotopic (exact) mass is 238 g/mol. The molecule has 0 spiro atoms. The molecule has 0 aromatic heterocycles. The van der Waals surface area contributed by atoms with Gasteiger partial charge in [-0.25, -0.2) is 0 Å². The first kappa shape index (κ1) is 12.5. The lowest BCUT2D eigenvalue weighted by Crippen LogP contribution is -1.92. The normalized spacial score (nSPS) is 10.4. The van der Waals surface area contributed by atoms with Crippen LogP contribution in [0.4, 0.5) is 0 Å². The minimum Gasteiger partial charge on any atom is -0.508 e. The molecule has 0 amide bonds. The molecule has 1 heteroatoms. The van der Waals surface area contributed by atoms with Crippen LogP contribution in [0, 0.1) is 11.8 Å². The Morgan fingerprint density at radius 3 is 2.67 bits per heavy atom. The lowest BCUT2D eigenvalue weighted by atomic mass is 9.92. The molecule has 0 bridgehead atoms. The van der Waals surface area contributed by atoms with Gasteiger partial charge < -0.3 is 5.11 Å². The molecule has 0 aliphatic carbocycles. The summed E-state index contributed by atoms with van der Waals surface area (Å²) in [6.45, 7) is 6.32. The molecular formula is C17H18O. The molecule has 1 N–H and O–H groups in total. The van der Waals surface area contributed by atoms with Crippen molar-refractivity contribution in [3.8, 4) is 17.6 Å². The second-order valence-corrected chi connectivity index (χ2v) is 4.75. The average molecular weight is 238 g/mol. The van der Waals surface area contributed by atoms with E-state index in [0.29, 0.717) is 11.7 Å². The van der Waals surface area contributed by atoms with E-state index in [0.717, 1.165) is 22.9 Å². The number of phenols is 1. The van der Waals surface area contributed by atoms with E-state index in [1.165, 1.54) is 5.39 Å². The van der Waals surface area contributed by atoms with E-state index in [2.05, 4.69) is 25.7 Å². The maximum atomic E-state index is 9.79. The van der Waals surface area contributed by atoms with Crippen molar-refractivity contribution >= 4 is 10.8 Å². The van der Waals surface area contributed by atoms with E-state index in [4.69, 9.17) is 0 Å². The van der Waals surface area contributed by atoms with E-state index >= 15 is 0 Å². The molecule has 0 saturated heterocycles. The van der Waals surface area contributed by atoms with Crippen LogP contribution in [0.5, 0.6) is 5.75 Å². The largest absolute Gasteiger partial charge is 0.508 e. The van der Waals surface area contributed by atoms with Crippen molar-refractivity contribution in [1.29, 1.82) is 0 Å². The maximum absolute atomic E-state index is 9.79. The number of benzene rings is 2. The molecule has 0 aliphatic heterocycles. The molecule has 0 saturated carbocycles. The highest BCUT2D eigenvalue weighted by Gasteiger charge is 2.10. The van der Waals surface area contributed by atoms with E-state index in [1.54, 1.807) is 6.07 Å². The van der Waals surface area contributed by atoms with Gasteiger partial charge in [-0.2, -0.15) is 0 Å². The van der Waals surface area contributed by atoms with Crippen LogP contribution in [0.1, 0.15) is 44.2 Å². The Morgan fingerprint density at radius 1 is 1.22 bits per heavy atom. The first-order valence-corrected chi connectivity index (χ1v) is 6.38. The summed E-state index contributed by atoms with van der Waals surface area (Å²) < 4.78 is 0. The molecule has 2 rings (SSSR count). The van der Waals surface area contributed by atoms with Gasteiger partial charge in [-0.15, -0.1) is 0 Å². The Bertz CT molecular complexity index is 627. The van der Waals surface area contributed by atoms with Gasteiger partial charge in [0.05, 0.1) is 0 Å². The minimum absolute atomic E-state index is 0.326. The first-order valence-electron chi connectivity index (χ1n) is 6.38. The van der Waals surface area contributed by atoms with E-state index < -0.39 is 0 Å². The number of aromatic hydroxyl groups is 1. The molecule has 0 radical (unpaired) electrons. The van der Waals surface area contributed by atoms with Crippen LogP contribution in [0.3, 0.4) is 0 Å². The fraction of sp³-hybridized carbons (Fsp3) is 0.294. The molecule has 2 aromatic carbocycles. The molecule has 1 nitrogen and oxygen atoms in total. The predicted molar refractivity (Wildman–Crippen MR) is 76.9 cm³/mol. The SMILES string of the molecule is CCC#Cc1cccc2cc(O)cc(C(C)C)c12. The molecule has 18 heavy (non-hydrogen) atoms. The lowest BCUT2D eigenvalue weighted by molar-refractivity contribution is 0.475. The molecule has 0 heterocycles. The maximum Gasteiger partial charge on any atom is 0.116 e. The lowest BCUT2D eigenvalue weighted by Gasteiger charge is -2.12. The predicted octanol–water partition coefficient (Wildman–Crippen LogP) is 4.43. The quantitative estimate of drug-likeness (QED) is 0.729. The standard InChI is InChI=1S/C17H18O/c1-4-5-7-13-8-6-9-14-10-15(18)11-16(12(2)3)17(13)14/h6,8-12,18H,4H2,1-3H3. The van der Waals surface area contributed by atoms with Crippen LogP contribution in [0.25, 0.3) is 10.8 Å². The van der Waals surface area contributed by atoms with E-state index in [1.807, 2.05) is 31.2 Å². The van der Waals surface area contributed by atoms with Gasteiger partial charge >= 0.3 is 0 Å². The van der Waals surface area contributed by atoms with Gasteiger partial charge in [0, 0.05) is 17.4 Å². The van der Waals surface area contributed by atoms with Crippen LogP contribution in [0.15, 0.2) is 30.3 Å². The van der Waals surface area contributed by atoms with Crippen LogP contribution in [-0.2, 0) is 0 Å². The highest BCUT2D eigenvalue weighted by Crippen LogP contribution is 2.32. The van der Waals surface area contributed by atoms with Gasteiger partial charge in [0.1, 0.15) is 5.75 Å². The van der Waals surface area contributed by atoms with Crippen LogP contribution >= 0.6 is 0 Å². The zero-order valence-electron chi connectivity index (χ0n) is 11.1. The van der Waals surface area contributed by atoms with E-state index in [-0.39, 0.29) is 0 Å². The molecule has 2 aromatic rings. The Morgan fingerprint density at radius 2 is 2.00 bits per heavy atom. The summed E-state index contributed by atoms with van der Waals surface area (Å²) in [6.07, 6.45) is 0.853. The topological polar surface area (TPSA) is 20.2 Å². The first-order chi connectivity index (χ1) is 8.63. The summed E-state index contributed by atoms with van der Waals surface area (Å²) in [5.74, 6) is 7.04. The number of fused-ring (bicyclic) bond motifs is 1. The van der Waals surface area contributed by atoms with E-state index in [9.17, 15) is 5.11 Å². The van der Waals surface area contributed by atoms with Crippen LogP contribution in [-0.4, -0.2) is 5.11 Å². The number of hydrogen-bond donors (Lipinski definition) is 1. The third-order valence-electron chi connectivity index (χ3n) is 3.01. The summed E-state index contributed by atoms with van der Waals surface area (Å²) in [5, 5.41) is 12.0. The van der Waals surface area contributed by atoms with Crippen molar-refractivity contribution in [2.75, 3.05) is 0 Å². The highest BCUT2D eigenvalue weighted by molar-refractivity contribution is 5.92. The van der Waals surface area contributed by atoms with Crippen LogP contribution in [0.2, 0.25) is 0 Å². The second kappa shape index (κ2) is 5.14. The Labute approximate surface area is 108 Å². The summed E-state index contributed by atoms with van der Waals surface area (Å²) in [4.78, 5) is 0. The molecule has 0 aliphatic rings. The highest BCUT2D eigenvalue weighted by atomic mass is 16.3. The second-order valence-electron chi connectivity index (χ2n) is 4.75. The van der Waals surface area contributed by atoms with Gasteiger partial charge in [0.25, 0.3) is 0 Å². The van der Waals surface area contributed by atoms with Crippen molar-refractivity contribution in [2.24, 2.45) is 0 Å². The molecule has 0 fully saturated rings. The summed E-state index contributed by atoms with van der Waals surface area (Å²) >= 11 is 0. The molecule has 0 atom stereocenters. The summed E-state index contributed by atoms with van der Waals surface area (Å²) in [6, 6.07) is 9.72. The number of hydrogen-bond acceptors (Lipinski definition) is 1. The fourth-order valence-electron chi connectivity index (χ4n) is 2.19. The smallest absolute Gasteiger partial charge is 0.116 e. The molecule has 0 unspecified atom stereocenters. The average Bonchev–Trinajstić information content (AvgIpc) is 2.34. The zero-order chi connectivity index (χ0) is 13.1. The Kier molecular flexibility index (Phi) is 3.58. The number of phenolic OH excluding ortho intramolecular Hbond substituents is 1. The third-order valence-corrected chi connectivity index (χ3v) is 3.01. The molecular weight excluding hydrogens is 220 g/mol. The van der Waals surface area contributed by atoms with Gasteiger partial charge in [-0.3, -0.25) is 0 Å². The zero-order valence-corrected chi connectivity index (χ0v) is 11.1. The Balaban J connectivity index is 2.81. The van der Waals surface area contributed by atoms with Gasteiger partial charge in [0.15, 0.2) is 0 Å². The van der Waals surface area contributed by atoms with Crippen LogP contribution < -0.4 is 0 Å². The van der Waals surface area contributed by atoms with Crippen molar-refractivity contribution in [3.05, 3.63) is 41.5 Å². The summed E-state index contributed by atoms with van der Waals surface area (Å²) in [5.41, 5.74) is 2.21. The Hall–Kier alpha value is -1.94. The van der Waals surface area contributed by atoms with Gasteiger partial charge in [0.2, 0.25) is 0 Å². The van der Waals surface area contributed by atoms with Crippen molar-refractivity contribution in [3.63, 3.8) is 0 Å². The molecule has 92 valence electrons. The van der Waals surface area contributed by atoms with Crippen molar-refractivity contribution < 1.29 is 5.11 Å². The van der Waals surface area contributed by atoms with Gasteiger partial charge in [-0.05, 0) is 35.1 Å². The van der Waals surface area contributed by atoms with Crippen molar-refractivity contribution in [2.45, 2.75) is 33.1 Å². The fourth-order valence-corrected chi connectivity index (χ4v) is 2.19. The van der Waals surface area contributed by atoms with Crippen molar-refractivity contribution in [1.82, 2.24) is 0 Å². The number of rotatable bonds is 1.